The highest BCUT2D eigenvalue weighted by molar-refractivity contribution is 5.90. The van der Waals surface area contributed by atoms with E-state index in [0.29, 0.717) is 24.3 Å². The highest BCUT2D eigenvalue weighted by Gasteiger charge is 2.40. The summed E-state index contributed by atoms with van der Waals surface area (Å²) in [6, 6.07) is 20.2. The Morgan fingerprint density at radius 2 is 1.38 bits per heavy atom. The van der Waals surface area contributed by atoms with Gasteiger partial charge in [0, 0.05) is 11.8 Å². The molecule has 26 heavy (non-hydrogen) atoms. The SMILES string of the molecule is CC(C)C([NH3+])C(C)CCC(C(N)=O)(c1ccccc1)c1ccccc1.[Br-]. The zero-order valence-corrected chi connectivity index (χ0v) is 17.6. The number of quaternary nitrogens is 1. The van der Waals surface area contributed by atoms with E-state index in [1.54, 1.807) is 0 Å². The minimum absolute atomic E-state index is 0. The Balaban J connectivity index is 0.00000338. The first-order valence-corrected chi connectivity index (χ1v) is 9.13. The number of rotatable bonds is 8. The van der Waals surface area contributed by atoms with E-state index >= 15 is 0 Å². The van der Waals surface area contributed by atoms with E-state index in [1.165, 1.54) is 0 Å². The lowest BCUT2D eigenvalue weighted by molar-refractivity contribution is -0.443. The summed E-state index contributed by atoms with van der Waals surface area (Å²) in [6.45, 7) is 6.62. The average Bonchev–Trinajstić information content (AvgIpc) is 2.62. The van der Waals surface area contributed by atoms with Gasteiger partial charge in [0.25, 0.3) is 0 Å². The third-order valence-electron chi connectivity index (χ3n) is 5.52. The molecule has 0 heterocycles. The summed E-state index contributed by atoms with van der Waals surface area (Å²) in [6.07, 6.45) is 1.59. The van der Waals surface area contributed by atoms with Gasteiger partial charge < -0.3 is 28.4 Å². The Labute approximate surface area is 167 Å². The molecular weight excluding hydrogens is 388 g/mol. The molecule has 2 rings (SSSR count). The van der Waals surface area contributed by atoms with E-state index in [4.69, 9.17) is 5.73 Å². The van der Waals surface area contributed by atoms with Gasteiger partial charge in [-0.25, -0.2) is 0 Å². The lowest BCUT2D eigenvalue weighted by atomic mass is 9.69. The first-order valence-electron chi connectivity index (χ1n) is 9.13. The number of amides is 1. The van der Waals surface area contributed by atoms with Crippen molar-refractivity contribution in [2.45, 2.75) is 45.1 Å². The topological polar surface area (TPSA) is 70.7 Å². The van der Waals surface area contributed by atoms with Gasteiger partial charge in [-0.15, -0.1) is 0 Å². The van der Waals surface area contributed by atoms with E-state index < -0.39 is 5.41 Å². The molecule has 0 radical (unpaired) electrons. The van der Waals surface area contributed by atoms with Crippen molar-refractivity contribution in [3.05, 3.63) is 71.8 Å². The number of nitrogens with two attached hydrogens (primary N) is 1. The van der Waals surface area contributed by atoms with Crippen LogP contribution in [0.1, 0.15) is 44.7 Å². The molecule has 5 N–H and O–H groups in total. The quantitative estimate of drug-likeness (QED) is 0.628. The lowest BCUT2D eigenvalue weighted by Gasteiger charge is -2.33. The molecule has 142 valence electrons. The molecule has 2 unspecified atom stereocenters. The highest BCUT2D eigenvalue weighted by Crippen LogP contribution is 2.38. The van der Waals surface area contributed by atoms with Crippen molar-refractivity contribution in [2.24, 2.45) is 17.6 Å². The van der Waals surface area contributed by atoms with E-state index in [-0.39, 0.29) is 22.9 Å². The molecule has 0 aliphatic rings. The summed E-state index contributed by atoms with van der Waals surface area (Å²) in [5, 5.41) is 0. The van der Waals surface area contributed by atoms with E-state index in [9.17, 15) is 4.79 Å². The summed E-state index contributed by atoms with van der Waals surface area (Å²) in [5.74, 6) is 0.653. The fourth-order valence-corrected chi connectivity index (χ4v) is 3.62. The molecule has 2 aromatic rings. The van der Waals surface area contributed by atoms with E-state index in [0.717, 1.165) is 17.5 Å². The van der Waals surface area contributed by atoms with E-state index in [2.05, 4.69) is 26.5 Å². The Kier molecular flexibility index (Phi) is 8.51. The second-order valence-electron chi connectivity index (χ2n) is 7.43. The molecule has 0 saturated carbocycles. The molecule has 2 aromatic carbocycles. The van der Waals surface area contributed by atoms with Gasteiger partial charge in [-0.2, -0.15) is 0 Å². The van der Waals surface area contributed by atoms with Gasteiger partial charge in [0.1, 0.15) is 0 Å². The number of hydrogen-bond acceptors (Lipinski definition) is 1. The number of benzene rings is 2. The number of carbonyl (C=O) groups excluding carboxylic acids is 1. The monoisotopic (exact) mass is 418 g/mol. The average molecular weight is 419 g/mol. The van der Waals surface area contributed by atoms with Crippen molar-refractivity contribution < 1.29 is 27.5 Å². The molecule has 0 bridgehead atoms. The molecule has 0 spiro atoms. The van der Waals surface area contributed by atoms with Crippen molar-refractivity contribution in [3.8, 4) is 0 Å². The molecule has 2 atom stereocenters. The smallest absolute Gasteiger partial charge is 0.232 e. The van der Waals surface area contributed by atoms with Gasteiger partial charge in [0.15, 0.2) is 0 Å². The van der Waals surface area contributed by atoms with Crippen LogP contribution in [0.15, 0.2) is 60.7 Å². The van der Waals surface area contributed by atoms with Crippen LogP contribution in [-0.2, 0) is 10.2 Å². The highest BCUT2D eigenvalue weighted by atomic mass is 79.9. The van der Waals surface area contributed by atoms with Gasteiger partial charge in [-0.1, -0.05) is 81.4 Å². The number of hydrogen-bond donors (Lipinski definition) is 2. The van der Waals surface area contributed by atoms with Crippen LogP contribution in [0.5, 0.6) is 0 Å². The Bertz CT molecular complexity index is 634. The Morgan fingerprint density at radius 3 is 1.73 bits per heavy atom. The van der Waals surface area contributed by atoms with Crippen LogP contribution in [0.2, 0.25) is 0 Å². The molecule has 0 aromatic heterocycles. The van der Waals surface area contributed by atoms with Crippen LogP contribution in [0, 0.1) is 11.8 Å². The molecule has 0 saturated heterocycles. The van der Waals surface area contributed by atoms with Gasteiger partial charge in [-0.3, -0.25) is 4.79 Å². The summed E-state index contributed by atoms with van der Waals surface area (Å²) in [7, 11) is 0. The second-order valence-corrected chi connectivity index (χ2v) is 7.43. The molecule has 0 aliphatic heterocycles. The number of carbonyl (C=O) groups is 1. The fourth-order valence-electron chi connectivity index (χ4n) is 3.62. The zero-order chi connectivity index (χ0) is 18.4. The van der Waals surface area contributed by atoms with Gasteiger partial charge in [-0.05, 0) is 24.0 Å². The molecule has 4 heteroatoms. The minimum atomic E-state index is -0.798. The van der Waals surface area contributed by atoms with Crippen molar-refractivity contribution >= 4 is 5.91 Å². The number of primary amides is 1. The molecule has 0 aliphatic carbocycles. The van der Waals surface area contributed by atoms with Crippen LogP contribution in [-0.4, -0.2) is 11.9 Å². The standard InChI is InChI=1S/C22H30N2O.BrH/c1-16(2)20(23)17(3)14-15-22(21(24)25,18-10-6-4-7-11-18)19-12-8-5-9-13-19;/h4-13,16-17,20H,14-15,23H2,1-3H3,(H2,24,25);1H. The van der Waals surface area contributed by atoms with Crippen LogP contribution in [0.4, 0.5) is 0 Å². The maximum absolute atomic E-state index is 12.7. The predicted molar refractivity (Wildman–Crippen MR) is 103 cm³/mol. The molecular formula is C22H31BrN2O. The first kappa shape index (κ1) is 22.4. The number of halogens is 1. The van der Waals surface area contributed by atoms with Crippen LogP contribution < -0.4 is 28.4 Å². The summed E-state index contributed by atoms with van der Waals surface area (Å²) >= 11 is 0. The van der Waals surface area contributed by atoms with Crippen molar-refractivity contribution in [2.75, 3.05) is 0 Å². The predicted octanol–water partition coefficient (Wildman–Crippen LogP) is 0.145. The first-order chi connectivity index (χ1) is 11.9. The van der Waals surface area contributed by atoms with Crippen molar-refractivity contribution in [1.29, 1.82) is 0 Å². The normalized spacial score (nSPS) is 13.7. The van der Waals surface area contributed by atoms with Gasteiger partial charge >= 0.3 is 0 Å². The molecule has 1 amide bonds. The second kappa shape index (κ2) is 9.89. The van der Waals surface area contributed by atoms with Crippen LogP contribution in [0.25, 0.3) is 0 Å². The summed E-state index contributed by atoms with van der Waals surface area (Å²) in [5.41, 5.74) is 11.4. The Hall–Kier alpha value is -1.65. The summed E-state index contributed by atoms with van der Waals surface area (Å²) in [4.78, 5) is 12.7. The molecule has 0 fully saturated rings. The third-order valence-corrected chi connectivity index (χ3v) is 5.52. The van der Waals surface area contributed by atoms with E-state index in [1.807, 2.05) is 60.7 Å². The minimum Gasteiger partial charge on any atom is -1.00 e. The van der Waals surface area contributed by atoms with Crippen molar-refractivity contribution in [1.82, 2.24) is 0 Å². The fraction of sp³-hybridized carbons (Fsp3) is 0.409. The Morgan fingerprint density at radius 1 is 0.962 bits per heavy atom. The largest absolute Gasteiger partial charge is 1.00 e. The lowest BCUT2D eigenvalue weighted by Crippen LogP contribution is -3.00. The zero-order valence-electron chi connectivity index (χ0n) is 16.0. The van der Waals surface area contributed by atoms with Crippen LogP contribution >= 0.6 is 0 Å². The van der Waals surface area contributed by atoms with Crippen LogP contribution in [0.3, 0.4) is 0 Å². The van der Waals surface area contributed by atoms with Crippen molar-refractivity contribution in [3.63, 3.8) is 0 Å². The third kappa shape index (κ3) is 4.74. The van der Waals surface area contributed by atoms with Gasteiger partial charge in [0.05, 0.1) is 11.5 Å². The molecule has 3 nitrogen and oxygen atoms in total. The maximum Gasteiger partial charge on any atom is 0.232 e. The van der Waals surface area contributed by atoms with Gasteiger partial charge in [0.2, 0.25) is 5.91 Å². The summed E-state index contributed by atoms with van der Waals surface area (Å²) < 4.78 is 0. The maximum atomic E-state index is 12.7.